The molecule has 0 atom stereocenters. The van der Waals surface area contributed by atoms with Gasteiger partial charge in [-0.3, -0.25) is 0 Å². The monoisotopic (exact) mass is 254 g/mol. The SMILES string of the molecule is CCCNS(=O)(=O)NCC(OCC)OCC. The lowest BCUT2D eigenvalue weighted by Gasteiger charge is -2.17. The molecule has 0 spiro atoms. The predicted octanol–water partition coefficient (Wildman–Crippen LogP) is 0.220. The van der Waals surface area contributed by atoms with Crippen molar-refractivity contribution in [3.05, 3.63) is 0 Å². The van der Waals surface area contributed by atoms with Gasteiger partial charge in [0.2, 0.25) is 0 Å². The fraction of sp³-hybridized carbons (Fsp3) is 1.00. The molecule has 0 saturated heterocycles. The summed E-state index contributed by atoms with van der Waals surface area (Å²) in [6, 6.07) is 0. The van der Waals surface area contributed by atoms with Gasteiger partial charge in [-0.1, -0.05) is 6.92 Å². The van der Waals surface area contributed by atoms with E-state index in [1.54, 1.807) is 0 Å². The van der Waals surface area contributed by atoms with Crippen LogP contribution < -0.4 is 9.44 Å². The molecular weight excluding hydrogens is 232 g/mol. The lowest BCUT2D eigenvalue weighted by molar-refractivity contribution is -0.130. The molecule has 0 fully saturated rings. The van der Waals surface area contributed by atoms with Gasteiger partial charge in [0.25, 0.3) is 10.2 Å². The Morgan fingerprint density at radius 3 is 2.06 bits per heavy atom. The highest BCUT2D eigenvalue weighted by Crippen LogP contribution is 1.94. The van der Waals surface area contributed by atoms with E-state index in [2.05, 4.69) is 9.44 Å². The first kappa shape index (κ1) is 15.8. The van der Waals surface area contributed by atoms with E-state index >= 15 is 0 Å². The molecule has 6 nitrogen and oxygen atoms in total. The highest BCUT2D eigenvalue weighted by molar-refractivity contribution is 7.87. The maximum atomic E-state index is 11.4. The van der Waals surface area contributed by atoms with E-state index < -0.39 is 16.5 Å². The molecule has 0 aliphatic carbocycles. The van der Waals surface area contributed by atoms with Crippen LogP contribution in [0.3, 0.4) is 0 Å². The molecular formula is C9H22N2O4S. The number of hydrogen-bond donors (Lipinski definition) is 2. The van der Waals surface area contributed by atoms with Crippen molar-refractivity contribution in [2.45, 2.75) is 33.5 Å². The number of rotatable bonds is 10. The Labute approximate surface area is 97.9 Å². The molecule has 0 bridgehead atoms. The van der Waals surface area contributed by atoms with Crippen LogP contribution in [0.4, 0.5) is 0 Å². The van der Waals surface area contributed by atoms with Crippen LogP contribution in [0.15, 0.2) is 0 Å². The van der Waals surface area contributed by atoms with Crippen molar-refractivity contribution in [1.29, 1.82) is 0 Å². The van der Waals surface area contributed by atoms with Crippen LogP contribution in [0, 0.1) is 0 Å². The van der Waals surface area contributed by atoms with Crippen molar-refractivity contribution >= 4 is 10.2 Å². The maximum absolute atomic E-state index is 11.4. The van der Waals surface area contributed by atoms with Crippen LogP contribution in [-0.4, -0.2) is 41.0 Å². The summed E-state index contributed by atoms with van der Waals surface area (Å²) < 4.78 is 37.9. The molecule has 98 valence electrons. The summed E-state index contributed by atoms with van der Waals surface area (Å²) in [6.07, 6.45) is 0.217. The van der Waals surface area contributed by atoms with E-state index in [4.69, 9.17) is 9.47 Å². The summed E-state index contributed by atoms with van der Waals surface area (Å²) in [5.41, 5.74) is 0. The van der Waals surface area contributed by atoms with E-state index in [0.29, 0.717) is 19.8 Å². The molecule has 0 unspecified atom stereocenters. The zero-order valence-electron chi connectivity index (χ0n) is 10.2. The number of hydrogen-bond acceptors (Lipinski definition) is 4. The summed E-state index contributed by atoms with van der Waals surface area (Å²) in [7, 11) is -3.44. The van der Waals surface area contributed by atoms with Gasteiger partial charge in [-0.05, 0) is 20.3 Å². The third-order valence-corrected chi connectivity index (χ3v) is 2.82. The normalized spacial score (nSPS) is 12.2. The molecule has 0 aromatic carbocycles. The van der Waals surface area contributed by atoms with E-state index in [9.17, 15) is 8.42 Å². The minimum atomic E-state index is -3.44. The van der Waals surface area contributed by atoms with Crippen molar-refractivity contribution in [3.63, 3.8) is 0 Å². The highest BCUT2D eigenvalue weighted by Gasteiger charge is 2.13. The summed E-state index contributed by atoms with van der Waals surface area (Å²) in [6.45, 7) is 7.05. The van der Waals surface area contributed by atoms with Gasteiger partial charge < -0.3 is 9.47 Å². The van der Waals surface area contributed by atoms with Crippen LogP contribution in [-0.2, 0) is 19.7 Å². The van der Waals surface area contributed by atoms with Gasteiger partial charge in [-0.25, -0.2) is 4.72 Å². The van der Waals surface area contributed by atoms with Crippen LogP contribution >= 0.6 is 0 Å². The van der Waals surface area contributed by atoms with E-state index in [1.807, 2.05) is 20.8 Å². The average Bonchev–Trinajstić information content (AvgIpc) is 2.24. The second-order valence-corrected chi connectivity index (χ2v) is 4.67. The molecule has 0 aromatic rings. The summed E-state index contributed by atoms with van der Waals surface area (Å²) in [5.74, 6) is 0. The van der Waals surface area contributed by atoms with Gasteiger partial charge >= 0.3 is 0 Å². The van der Waals surface area contributed by atoms with Crippen LogP contribution in [0.25, 0.3) is 0 Å². The minimum absolute atomic E-state index is 0.112. The van der Waals surface area contributed by atoms with Crippen molar-refractivity contribution in [2.75, 3.05) is 26.3 Å². The average molecular weight is 254 g/mol. The molecule has 16 heavy (non-hydrogen) atoms. The zero-order valence-corrected chi connectivity index (χ0v) is 11.0. The van der Waals surface area contributed by atoms with Gasteiger partial charge in [0.15, 0.2) is 6.29 Å². The molecule has 0 heterocycles. The zero-order chi connectivity index (χ0) is 12.4. The van der Waals surface area contributed by atoms with Crippen molar-refractivity contribution < 1.29 is 17.9 Å². The Morgan fingerprint density at radius 2 is 1.62 bits per heavy atom. The Bertz CT molecular complexity index is 250. The summed E-state index contributed by atoms with van der Waals surface area (Å²) in [5, 5.41) is 0. The van der Waals surface area contributed by atoms with E-state index in [1.165, 1.54) is 0 Å². The first-order chi connectivity index (χ1) is 7.55. The number of ether oxygens (including phenoxy) is 2. The second-order valence-electron chi connectivity index (χ2n) is 3.09. The molecule has 7 heteroatoms. The Balaban J connectivity index is 3.97. The van der Waals surface area contributed by atoms with E-state index in [0.717, 1.165) is 6.42 Å². The topological polar surface area (TPSA) is 76.7 Å². The van der Waals surface area contributed by atoms with Crippen molar-refractivity contribution in [1.82, 2.24) is 9.44 Å². The maximum Gasteiger partial charge on any atom is 0.277 e. The van der Waals surface area contributed by atoms with Crippen LogP contribution in [0.1, 0.15) is 27.2 Å². The van der Waals surface area contributed by atoms with Crippen LogP contribution in [0.2, 0.25) is 0 Å². The third kappa shape index (κ3) is 8.00. The van der Waals surface area contributed by atoms with Gasteiger partial charge in [-0.15, -0.1) is 0 Å². The molecule has 0 aromatic heterocycles. The molecule has 0 aliphatic rings. The van der Waals surface area contributed by atoms with Gasteiger partial charge in [-0.2, -0.15) is 13.1 Å². The number of nitrogens with one attached hydrogen (secondary N) is 2. The van der Waals surface area contributed by atoms with Gasteiger partial charge in [0.05, 0.1) is 6.54 Å². The summed E-state index contributed by atoms with van der Waals surface area (Å²) >= 11 is 0. The first-order valence-electron chi connectivity index (χ1n) is 5.53. The minimum Gasteiger partial charge on any atom is -0.352 e. The molecule has 0 aliphatic heterocycles. The molecule has 0 saturated carbocycles. The van der Waals surface area contributed by atoms with Crippen molar-refractivity contribution in [2.24, 2.45) is 0 Å². The largest absolute Gasteiger partial charge is 0.352 e. The van der Waals surface area contributed by atoms with Gasteiger partial charge in [0.1, 0.15) is 0 Å². The molecule has 0 radical (unpaired) electrons. The standard InChI is InChI=1S/C9H22N2O4S/c1-4-7-10-16(12,13)11-8-9(14-5-2)15-6-3/h9-11H,4-8H2,1-3H3. The Kier molecular flexibility index (Phi) is 8.77. The van der Waals surface area contributed by atoms with Crippen LogP contribution in [0.5, 0.6) is 0 Å². The molecule has 2 N–H and O–H groups in total. The fourth-order valence-electron chi connectivity index (χ4n) is 1.00. The quantitative estimate of drug-likeness (QED) is 0.547. The van der Waals surface area contributed by atoms with Gasteiger partial charge in [0, 0.05) is 19.8 Å². The first-order valence-corrected chi connectivity index (χ1v) is 7.01. The smallest absolute Gasteiger partial charge is 0.277 e. The van der Waals surface area contributed by atoms with E-state index in [-0.39, 0.29) is 6.54 Å². The van der Waals surface area contributed by atoms with Crippen molar-refractivity contribution in [3.8, 4) is 0 Å². The Hall–Kier alpha value is -0.210. The molecule has 0 rings (SSSR count). The summed E-state index contributed by atoms with van der Waals surface area (Å²) in [4.78, 5) is 0. The fourth-order valence-corrected chi connectivity index (χ4v) is 1.93. The molecule has 0 amide bonds. The Morgan fingerprint density at radius 1 is 1.06 bits per heavy atom. The third-order valence-electron chi connectivity index (χ3n) is 1.69. The highest BCUT2D eigenvalue weighted by atomic mass is 32.2. The second kappa shape index (κ2) is 8.89. The lowest BCUT2D eigenvalue weighted by Crippen LogP contribution is -2.42. The lowest BCUT2D eigenvalue weighted by atomic mass is 10.5. The predicted molar refractivity (Wildman–Crippen MR) is 62.3 cm³/mol.